The van der Waals surface area contributed by atoms with Crippen LogP contribution in [0.1, 0.15) is 20.7 Å². The van der Waals surface area contributed by atoms with E-state index in [1.54, 1.807) is 41.3 Å². The number of benzene rings is 1. The molecule has 1 aromatic heterocycles. The summed E-state index contributed by atoms with van der Waals surface area (Å²) < 4.78 is 1.59. The summed E-state index contributed by atoms with van der Waals surface area (Å²) in [7, 11) is 0. The molecule has 0 saturated carbocycles. The van der Waals surface area contributed by atoms with Crippen molar-refractivity contribution in [2.75, 3.05) is 6.54 Å². The highest BCUT2D eigenvalue weighted by Gasteiger charge is 2.34. The van der Waals surface area contributed by atoms with Gasteiger partial charge in [0, 0.05) is 12.7 Å². The van der Waals surface area contributed by atoms with Crippen molar-refractivity contribution in [1.82, 2.24) is 19.9 Å². The summed E-state index contributed by atoms with van der Waals surface area (Å²) in [4.78, 5) is 25.3. The number of hydrogen-bond acceptors (Lipinski definition) is 4. The number of carbonyl (C=O) groups excluding carboxylic acids is 2. The molecule has 2 aromatic rings. The average Bonchev–Trinajstić information content (AvgIpc) is 2.98. The standard InChI is InChI=1S/C12H10N4O2/c17-11-9-3-1-2-4-10(9)12(18)16(11)8-7-15-6-5-13-14-15/h1-6H,7-8H2. The number of nitrogens with zero attached hydrogens (tertiary/aromatic N) is 4. The van der Waals surface area contributed by atoms with Crippen LogP contribution in [0.5, 0.6) is 0 Å². The van der Waals surface area contributed by atoms with Crippen LogP contribution in [-0.4, -0.2) is 38.3 Å². The zero-order valence-corrected chi connectivity index (χ0v) is 9.48. The second-order valence-electron chi connectivity index (χ2n) is 3.97. The van der Waals surface area contributed by atoms with Crippen molar-refractivity contribution in [3.05, 3.63) is 47.8 Å². The summed E-state index contributed by atoms with van der Waals surface area (Å²) in [5.74, 6) is -0.480. The van der Waals surface area contributed by atoms with Crippen LogP contribution in [0.2, 0.25) is 0 Å². The quantitative estimate of drug-likeness (QED) is 0.738. The van der Waals surface area contributed by atoms with Crippen molar-refractivity contribution in [3.8, 4) is 0 Å². The molecule has 1 aliphatic heterocycles. The van der Waals surface area contributed by atoms with Gasteiger partial charge in [-0.3, -0.25) is 19.2 Å². The number of rotatable bonds is 3. The lowest BCUT2D eigenvalue weighted by atomic mass is 10.1. The third kappa shape index (κ3) is 1.58. The fourth-order valence-corrected chi connectivity index (χ4v) is 2.00. The van der Waals surface area contributed by atoms with Gasteiger partial charge in [0.15, 0.2) is 0 Å². The van der Waals surface area contributed by atoms with Crippen LogP contribution in [0.15, 0.2) is 36.7 Å². The molecular weight excluding hydrogens is 232 g/mol. The van der Waals surface area contributed by atoms with E-state index in [0.29, 0.717) is 24.2 Å². The molecule has 3 rings (SSSR count). The second-order valence-corrected chi connectivity index (χ2v) is 3.97. The van der Waals surface area contributed by atoms with Gasteiger partial charge in [-0.25, -0.2) is 0 Å². The molecule has 0 atom stereocenters. The van der Waals surface area contributed by atoms with Gasteiger partial charge in [0.1, 0.15) is 0 Å². The average molecular weight is 242 g/mol. The van der Waals surface area contributed by atoms with E-state index in [1.807, 2.05) is 0 Å². The molecule has 1 aliphatic rings. The van der Waals surface area contributed by atoms with Crippen LogP contribution < -0.4 is 0 Å². The van der Waals surface area contributed by atoms with E-state index in [4.69, 9.17) is 0 Å². The van der Waals surface area contributed by atoms with Crippen LogP contribution >= 0.6 is 0 Å². The van der Waals surface area contributed by atoms with E-state index in [0.717, 1.165) is 0 Å². The summed E-state index contributed by atoms with van der Waals surface area (Å²) >= 11 is 0. The maximum Gasteiger partial charge on any atom is 0.261 e. The molecule has 90 valence electrons. The van der Waals surface area contributed by atoms with Crippen LogP contribution in [0.4, 0.5) is 0 Å². The molecule has 6 nitrogen and oxygen atoms in total. The number of aromatic nitrogens is 3. The first kappa shape index (κ1) is 10.6. The molecule has 1 aromatic carbocycles. The predicted octanol–water partition coefficient (Wildman–Crippen LogP) is 0.574. The molecule has 0 aliphatic carbocycles. The van der Waals surface area contributed by atoms with E-state index in [2.05, 4.69) is 10.3 Å². The zero-order chi connectivity index (χ0) is 12.5. The highest BCUT2D eigenvalue weighted by Crippen LogP contribution is 2.21. The monoisotopic (exact) mass is 242 g/mol. The number of amides is 2. The Bertz CT molecular complexity index is 571. The van der Waals surface area contributed by atoms with Gasteiger partial charge in [-0.2, -0.15) is 0 Å². The predicted molar refractivity (Wildman–Crippen MR) is 61.8 cm³/mol. The fraction of sp³-hybridized carbons (Fsp3) is 0.167. The third-order valence-corrected chi connectivity index (χ3v) is 2.90. The van der Waals surface area contributed by atoms with Crippen LogP contribution in [-0.2, 0) is 6.54 Å². The largest absolute Gasteiger partial charge is 0.272 e. The Labute approximate surface area is 103 Å². The van der Waals surface area contributed by atoms with E-state index >= 15 is 0 Å². The first-order valence-corrected chi connectivity index (χ1v) is 5.56. The minimum absolute atomic E-state index is 0.240. The van der Waals surface area contributed by atoms with Crippen LogP contribution in [0.25, 0.3) is 0 Å². The molecule has 0 bridgehead atoms. The molecule has 6 heteroatoms. The Morgan fingerprint density at radius 2 is 1.67 bits per heavy atom. The van der Waals surface area contributed by atoms with Crippen LogP contribution in [0, 0.1) is 0 Å². The molecule has 0 radical (unpaired) electrons. The Hall–Kier alpha value is -2.50. The number of imide groups is 1. The van der Waals surface area contributed by atoms with Crippen molar-refractivity contribution in [2.24, 2.45) is 0 Å². The molecule has 0 spiro atoms. The summed E-state index contributed by atoms with van der Waals surface area (Å²) in [6, 6.07) is 6.85. The molecular formula is C12H10N4O2. The van der Waals surface area contributed by atoms with Gasteiger partial charge in [-0.1, -0.05) is 17.3 Å². The fourth-order valence-electron chi connectivity index (χ4n) is 2.00. The van der Waals surface area contributed by atoms with Crippen molar-refractivity contribution in [2.45, 2.75) is 6.54 Å². The second kappa shape index (κ2) is 4.06. The Balaban J connectivity index is 1.80. The van der Waals surface area contributed by atoms with Crippen molar-refractivity contribution >= 4 is 11.8 Å². The topological polar surface area (TPSA) is 68.1 Å². The molecule has 0 fully saturated rings. The highest BCUT2D eigenvalue weighted by molar-refractivity contribution is 6.21. The number of hydrogen-bond donors (Lipinski definition) is 0. The Morgan fingerprint density at radius 1 is 1.00 bits per heavy atom. The van der Waals surface area contributed by atoms with Gasteiger partial charge in [-0.05, 0) is 12.1 Å². The van der Waals surface area contributed by atoms with Crippen molar-refractivity contribution < 1.29 is 9.59 Å². The SMILES string of the molecule is O=C1c2ccccc2C(=O)N1CCn1ccnn1. The summed E-state index contributed by atoms with van der Waals surface area (Å²) in [6.07, 6.45) is 3.25. The number of fused-ring (bicyclic) bond motifs is 1. The molecule has 18 heavy (non-hydrogen) atoms. The Morgan fingerprint density at radius 3 is 2.22 bits per heavy atom. The smallest absolute Gasteiger partial charge is 0.261 e. The van der Waals surface area contributed by atoms with Gasteiger partial charge >= 0.3 is 0 Å². The summed E-state index contributed by atoms with van der Waals surface area (Å²) in [6.45, 7) is 0.751. The van der Waals surface area contributed by atoms with Crippen LogP contribution in [0.3, 0.4) is 0 Å². The summed E-state index contributed by atoms with van der Waals surface area (Å²) in [5, 5.41) is 7.46. The maximum absolute atomic E-state index is 12.0. The molecule has 0 N–H and O–H groups in total. The van der Waals surface area contributed by atoms with E-state index in [-0.39, 0.29) is 11.8 Å². The lowest BCUT2D eigenvalue weighted by Crippen LogP contribution is -2.33. The van der Waals surface area contributed by atoms with E-state index in [9.17, 15) is 9.59 Å². The highest BCUT2D eigenvalue weighted by atomic mass is 16.2. The maximum atomic E-state index is 12.0. The molecule has 2 amide bonds. The third-order valence-electron chi connectivity index (χ3n) is 2.90. The lowest BCUT2D eigenvalue weighted by Gasteiger charge is -2.12. The van der Waals surface area contributed by atoms with Gasteiger partial charge in [0.05, 0.1) is 23.9 Å². The van der Waals surface area contributed by atoms with Crippen molar-refractivity contribution in [3.63, 3.8) is 0 Å². The molecule has 0 unspecified atom stereocenters. The minimum Gasteiger partial charge on any atom is -0.272 e. The zero-order valence-electron chi connectivity index (χ0n) is 9.48. The van der Waals surface area contributed by atoms with E-state index in [1.165, 1.54) is 4.90 Å². The Kier molecular flexibility index (Phi) is 2.40. The molecule has 2 heterocycles. The van der Waals surface area contributed by atoms with E-state index < -0.39 is 0 Å². The first-order chi connectivity index (χ1) is 8.77. The van der Waals surface area contributed by atoms with Gasteiger partial charge in [0.25, 0.3) is 11.8 Å². The normalized spacial score (nSPS) is 14.1. The molecule has 0 saturated heterocycles. The first-order valence-electron chi connectivity index (χ1n) is 5.56. The lowest BCUT2D eigenvalue weighted by molar-refractivity contribution is 0.0647. The number of carbonyl (C=O) groups is 2. The summed E-state index contributed by atoms with van der Waals surface area (Å²) in [5.41, 5.74) is 0.946. The van der Waals surface area contributed by atoms with Gasteiger partial charge in [0.2, 0.25) is 0 Å². The van der Waals surface area contributed by atoms with Gasteiger partial charge in [-0.15, -0.1) is 5.10 Å². The van der Waals surface area contributed by atoms with Crippen molar-refractivity contribution in [1.29, 1.82) is 0 Å². The van der Waals surface area contributed by atoms with Gasteiger partial charge < -0.3 is 0 Å². The minimum atomic E-state index is -0.240.